The third-order valence-electron chi connectivity index (χ3n) is 4.31. The zero-order valence-electron chi connectivity index (χ0n) is 11.5. The average molecular weight is 253 g/mol. The third-order valence-corrected chi connectivity index (χ3v) is 4.31. The first-order valence-corrected chi connectivity index (χ1v) is 6.90. The fourth-order valence-corrected chi connectivity index (χ4v) is 3.09. The molecule has 1 aromatic rings. The first-order valence-electron chi connectivity index (χ1n) is 6.90. The van der Waals surface area contributed by atoms with Crippen molar-refractivity contribution in [1.29, 1.82) is 5.26 Å². The van der Waals surface area contributed by atoms with Crippen molar-refractivity contribution in [3.63, 3.8) is 0 Å². The molecular formula is C16H19N3. The number of rotatable bonds is 2. The van der Waals surface area contributed by atoms with Crippen LogP contribution in [-0.4, -0.2) is 19.1 Å². The van der Waals surface area contributed by atoms with Gasteiger partial charge in [-0.2, -0.15) is 5.26 Å². The minimum Gasteiger partial charge on any atom is -0.380 e. The van der Waals surface area contributed by atoms with Crippen LogP contribution in [0, 0.1) is 11.3 Å². The van der Waals surface area contributed by atoms with Crippen molar-refractivity contribution in [3.05, 3.63) is 34.4 Å². The first-order chi connectivity index (χ1) is 9.20. The van der Waals surface area contributed by atoms with Crippen molar-refractivity contribution in [1.82, 2.24) is 5.32 Å². The van der Waals surface area contributed by atoms with Gasteiger partial charge in [-0.1, -0.05) is 5.57 Å². The standard InChI is InChI=1S/C16H19N3/c1-10-7-14-12(8-17)3-4-15(16(14)11(10)2)19-13-5-6-18-9-13/h3-4,13,18-19H,5-7,9H2,1-2H3/t13-/m0/s1. The molecule has 1 heterocycles. The van der Waals surface area contributed by atoms with Crippen LogP contribution in [0.25, 0.3) is 5.57 Å². The van der Waals surface area contributed by atoms with Gasteiger partial charge in [0.2, 0.25) is 0 Å². The van der Waals surface area contributed by atoms with Crippen LogP contribution in [0.15, 0.2) is 17.7 Å². The maximum Gasteiger partial charge on any atom is 0.0994 e. The number of nitrogens with zero attached hydrogens (tertiary/aromatic N) is 1. The Bertz CT molecular complexity index is 587. The molecule has 1 atom stereocenters. The van der Waals surface area contributed by atoms with Gasteiger partial charge in [-0.15, -0.1) is 0 Å². The van der Waals surface area contributed by atoms with E-state index in [4.69, 9.17) is 0 Å². The minimum absolute atomic E-state index is 0.505. The molecule has 0 spiro atoms. The molecule has 0 aromatic heterocycles. The summed E-state index contributed by atoms with van der Waals surface area (Å²) < 4.78 is 0. The number of nitriles is 1. The van der Waals surface area contributed by atoms with E-state index in [0.29, 0.717) is 6.04 Å². The van der Waals surface area contributed by atoms with Gasteiger partial charge in [0, 0.05) is 23.8 Å². The van der Waals surface area contributed by atoms with Gasteiger partial charge in [-0.3, -0.25) is 0 Å². The molecule has 3 rings (SSSR count). The lowest BCUT2D eigenvalue weighted by Gasteiger charge is -2.18. The molecule has 0 saturated carbocycles. The second-order valence-electron chi connectivity index (χ2n) is 5.54. The molecule has 2 aliphatic rings. The number of benzene rings is 1. The smallest absolute Gasteiger partial charge is 0.0994 e. The molecule has 98 valence electrons. The van der Waals surface area contributed by atoms with Crippen LogP contribution >= 0.6 is 0 Å². The summed E-state index contributed by atoms with van der Waals surface area (Å²) in [5.41, 5.74) is 7.20. The number of hydrogen-bond acceptors (Lipinski definition) is 3. The van der Waals surface area contributed by atoms with Crippen LogP contribution in [-0.2, 0) is 6.42 Å². The van der Waals surface area contributed by atoms with Gasteiger partial charge in [0.1, 0.15) is 0 Å². The molecule has 1 fully saturated rings. The fraction of sp³-hybridized carbons (Fsp3) is 0.438. The third kappa shape index (κ3) is 2.02. The van der Waals surface area contributed by atoms with Crippen LogP contribution in [0.5, 0.6) is 0 Å². The van der Waals surface area contributed by atoms with E-state index in [9.17, 15) is 5.26 Å². The van der Waals surface area contributed by atoms with Crippen molar-refractivity contribution in [2.24, 2.45) is 0 Å². The Morgan fingerprint density at radius 3 is 2.89 bits per heavy atom. The molecule has 19 heavy (non-hydrogen) atoms. The molecular weight excluding hydrogens is 234 g/mol. The normalized spacial score (nSPS) is 21.4. The monoisotopic (exact) mass is 253 g/mol. The molecule has 0 unspecified atom stereocenters. The summed E-state index contributed by atoms with van der Waals surface area (Å²) in [4.78, 5) is 0. The summed E-state index contributed by atoms with van der Waals surface area (Å²) in [5, 5.41) is 16.3. The quantitative estimate of drug-likeness (QED) is 0.852. The topological polar surface area (TPSA) is 47.8 Å². The summed E-state index contributed by atoms with van der Waals surface area (Å²) in [6.07, 6.45) is 2.08. The Balaban J connectivity index is 2.02. The van der Waals surface area contributed by atoms with Crippen LogP contribution < -0.4 is 10.6 Å². The Hall–Kier alpha value is -1.79. The number of allylic oxidation sites excluding steroid dienone is 2. The molecule has 1 aromatic carbocycles. The number of nitrogens with one attached hydrogen (secondary N) is 2. The summed E-state index contributed by atoms with van der Waals surface area (Å²) in [6.45, 7) is 6.44. The SMILES string of the molecule is CC1=C(C)c2c(N[C@H]3CCNC3)ccc(C#N)c2C1. The number of hydrogen-bond donors (Lipinski definition) is 2. The Morgan fingerprint density at radius 2 is 2.21 bits per heavy atom. The summed E-state index contributed by atoms with van der Waals surface area (Å²) >= 11 is 0. The second kappa shape index (κ2) is 4.71. The summed E-state index contributed by atoms with van der Waals surface area (Å²) in [5.74, 6) is 0. The second-order valence-corrected chi connectivity index (χ2v) is 5.54. The number of anilines is 1. The predicted octanol–water partition coefficient (Wildman–Crippen LogP) is 2.68. The zero-order chi connectivity index (χ0) is 13.4. The van der Waals surface area contributed by atoms with Crippen LogP contribution in [0.3, 0.4) is 0 Å². The van der Waals surface area contributed by atoms with Crippen molar-refractivity contribution >= 4 is 11.3 Å². The van der Waals surface area contributed by atoms with E-state index in [0.717, 1.165) is 31.5 Å². The highest BCUT2D eigenvalue weighted by Crippen LogP contribution is 2.39. The van der Waals surface area contributed by atoms with E-state index in [1.54, 1.807) is 0 Å². The van der Waals surface area contributed by atoms with E-state index in [-0.39, 0.29) is 0 Å². The molecule has 1 saturated heterocycles. The number of fused-ring (bicyclic) bond motifs is 1. The van der Waals surface area contributed by atoms with E-state index in [1.807, 2.05) is 6.07 Å². The van der Waals surface area contributed by atoms with Gasteiger partial charge in [-0.25, -0.2) is 0 Å². The first kappa shape index (κ1) is 12.3. The van der Waals surface area contributed by atoms with E-state index in [2.05, 4.69) is 36.6 Å². The molecule has 1 aliphatic carbocycles. The molecule has 1 aliphatic heterocycles. The van der Waals surface area contributed by atoms with E-state index >= 15 is 0 Å². The van der Waals surface area contributed by atoms with Crippen LogP contribution in [0.4, 0.5) is 5.69 Å². The molecule has 0 amide bonds. The predicted molar refractivity (Wildman–Crippen MR) is 78.0 cm³/mol. The average Bonchev–Trinajstić information content (AvgIpc) is 3.00. The van der Waals surface area contributed by atoms with Crippen LogP contribution in [0.2, 0.25) is 0 Å². The highest BCUT2D eigenvalue weighted by Gasteiger charge is 2.24. The summed E-state index contributed by atoms with van der Waals surface area (Å²) in [7, 11) is 0. The van der Waals surface area contributed by atoms with Crippen molar-refractivity contribution in [3.8, 4) is 6.07 Å². The van der Waals surface area contributed by atoms with Gasteiger partial charge in [0.05, 0.1) is 11.6 Å². The maximum atomic E-state index is 9.25. The van der Waals surface area contributed by atoms with Gasteiger partial charge in [0.25, 0.3) is 0 Å². The Labute approximate surface area is 114 Å². The van der Waals surface area contributed by atoms with E-state index < -0.39 is 0 Å². The van der Waals surface area contributed by atoms with Crippen molar-refractivity contribution in [2.75, 3.05) is 18.4 Å². The largest absolute Gasteiger partial charge is 0.380 e. The molecule has 2 N–H and O–H groups in total. The zero-order valence-corrected chi connectivity index (χ0v) is 11.5. The molecule has 0 bridgehead atoms. The van der Waals surface area contributed by atoms with Gasteiger partial charge >= 0.3 is 0 Å². The Morgan fingerprint density at radius 1 is 1.37 bits per heavy atom. The maximum absolute atomic E-state index is 9.25. The molecule has 0 radical (unpaired) electrons. The highest BCUT2D eigenvalue weighted by molar-refractivity contribution is 5.85. The Kier molecular flexibility index (Phi) is 3.04. The van der Waals surface area contributed by atoms with Crippen molar-refractivity contribution in [2.45, 2.75) is 32.7 Å². The minimum atomic E-state index is 0.505. The van der Waals surface area contributed by atoms with Gasteiger partial charge in [-0.05, 0) is 56.5 Å². The molecule has 3 heteroatoms. The molecule has 3 nitrogen and oxygen atoms in total. The lowest BCUT2D eigenvalue weighted by molar-refractivity contribution is 0.793. The van der Waals surface area contributed by atoms with Gasteiger partial charge in [0.15, 0.2) is 0 Å². The summed E-state index contributed by atoms with van der Waals surface area (Å²) in [6, 6.07) is 6.85. The van der Waals surface area contributed by atoms with Crippen molar-refractivity contribution < 1.29 is 0 Å². The highest BCUT2D eigenvalue weighted by atomic mass is 15.0. The lowest BCUT2D eigenvalue weighted by Crippen LogP contribution is -2.22. The van der Waals surface area contributed by atoms with E-state index in [1.165, 1.54) is 28.0 Å². The fourth-order valence-electron chi connectivity index (χ4n) is 3.09. The lowest BCUT2D eigenvalue weighted by atomic mass is 9.98. The van der Waals surface area contributed by atoms with Crippen LogP contribution in [0.1, 0.15) is 37.0 Å². The van der Waals surface area contributed by atoms with Gasteiger partial charge < -0.3 is 10.6 Å².